The molecule has 0 heterocycles. The molecule has 0 aliphatic rings. The predicted octanol–water partition coefficient (Wildman–Crippen LogP) is 5.27. The first-order valence-electron chi connectivity index (χ1n) is 8.93. The van der Waals surface area contributed by atoms with Gasteiger partial charge in [0.25, 0.3) is 0 Å². The van der Waals surface area contributed by atoms with Crippen LogP contribution in [0.4, 0.5) is 0 Å². The predicted molar refractivity (Wildman–Crippen MR) is 103 cm³/mol. The maximum Gasteiger partial charge on any atom is 0.126 e. The van der Waals surface area contributed by atoms with E-state index in [0.29, 0.717) is 30.6 Å². The number of nitrogens with zero attached hydrogens (tertiary/aromatic N) is 1. The summed E-state index contributed by atoms with van der Waals surface area (Å²) in [6.45, 7) is 9.30. The second-order valence-corrected chi connectivity index (χ2v) is 6.77. The van der Waals surface area contributed by atoms with Crippen LogP contribution in [0.5, 0.6) is 17.2 Å². The molecule has 0 spiro atoms. The first-order valence-corrected chi connectivity index (χ1v) is 8.93. The summed E-state index contributed by atoms with van der Waals surface area (Å²) in [7, 11) is 1.67. The zero-order chi connectivity index (χ0) is 19.1. The van der Waals surface area contributed by atoms with Gasteiger partial charge < -0.3 is 14.2 Å². The van der Waals surface area contributed by atoms with Crippen LogP contribution in [0.15, 0.2) is 36.4 Å². The minimum absolute atomic E-state index is 0.325. The average Bonchev–Trinajstić information content (AvgIpc) is 2.64. The lowest BCUT2D eigenvalue weighted by atomic mass is 10.0. The maximum atomic E-state index is 9.08. The summed E-state index contributed by atoms with van der Waals surface area (Å²) in [5.41, 5.74) is 2.84. The molecule has 0 unspecified atom stereocenters. The van der Waals surface area contributed by atoms with E-state index in [1.807, 2.05) is 30.3 Å². The number of hydrogen-bond acceptors (Lipinski definition) is 4. The van der Waals surface area contributed by atoms with E-state index in [4.69, 9.17) is 19.5 Å². The fourth-order valence-corrected chi connectivity index (χ4v) is 2.78. The fourth-order valence-electron chi connectivity index (χ4n) is 2.78. The SMILES string of the molecule is COc1cc(OCCOc2cc(C#N)ccc2C(C)C)ccc1C(C)C. The minimum atomic E-state index is 0.325. The summed E-state index contributed by atoms with van der Waals surface area (Å²) >= 11 is 0. The number of nitriles is 1. The molecule has 0 atom stereocenters. The first-order chi connectivity index (χ1) is 12.5. The molecule has 0 radical (unpaired) electrons. The van der Waals surface area contributed by atoms with Crippen LogP contribution in [-0.2, 0) is 0 Å². The molecule has 138 valence electrons. The summed E-state index contributed by atoms with van der Waals surface area (Å²) in [5.74, 6) is 3.05. The van der Waals surface area contributed by atoms with Crippen LogP contribution in [0.25, 0.3) is 0 Å². The Labute approximate surface area is 156 Å². The topological polar surface area (TPSA) is 51.5 Å². The zero-order valence-electron chi connectivity index (χ0n) is 16.2. The number of ether oxygens (including phenoxy) is 3. The van der Waals surface area contributed by atoms with E-state index in [-0.39, 0.29) is 0 Å². The molecular weight excluding hydrogens is 326 g/mol. The lowest BCUT2D eigenvalue weighted by Gasteiger charge is -2.16. The highest BCUT2D eigenvalue weighted by Gasteiger charge is 2.10. The van der Waals surface area contributed by atoms with Crippen molar-refractivity contribution in [3.8, 4) is 23.3 Å². The third-order valence-electron chi connectivity index (χ3n) is 4.20. The molecule has 26 heavy (non-hydrogen) atoms. The molecule has 2 aromatic rings. The van der Waals surface area contributed by atoms with E-state index in [2.05, 4.69) is 33.8 Å². The second kappa shape index (κ2) is 9.15. The van der Waals surface area contributed by atoms with E-state index in [1.54, 1.807) is 13.2 Å². The molecule has 0 amide bonds. The molecule has 0 bridgehead atoms. The van der Waals surface area contributed by atoms with Crippen molar-refractivity contribution in [2.75, 3.05) is 20.3 Å². The van der Waals surface area contributed by atoms with Crippen LogP contribution in [0, 0.1) is 11.3 Å². The van der Waals surface area contributed by atoms with Gasteiger partial charge in [0.2, 0.25) is 0 Å². The van der Waals surface area contributed by atoms with Gasteiger partial charge in [0.05, 0.1) is 18.7 Å². The number of hydrogen-bond donors (Lipinski definition) is 0. The third kappa shape index (κ3) is 4.92. The molecule has 0 N–H and O–H groups in total. The molecular formula is C22H27NO3. The van der Waals surface area contributed by atoms with Crippen molar-refractivity contribution >= 4 is 0 Å². The highest BCUT2D eigenvalue weighted by atomic mass is 16.5. The van der Waals surface area contributed by atoms with Crippen LogP contribution in [0.2, 0.25) is 0 Å². The van der Waals surface area contributed by atoms with Crippen molar-refractivity contribution in [3.05, 3.63) is 53.1 Å². The van der Waals surface area contributed by atoms with Crippen molar-refractivity contribution in [1.82, 2.24) is 0 Å². The second-order valence-electron chi connectivity index (χ2n) is 6.77. The van der Waals surface area contributed by atoms with Gasteiger partial charge in [-0.15, -0.1) is 0 Å². The Balaban J connectivity index is 1.98. The van der Waals surface area contributed by atoms with Gasteiger partial charge in [-0.05, 0) is 41.2 Å². The monoisotopic (exact) mass is 353 g/mol. The molecule has 0 aliphatic carbocycles. The molecule has 0 saturated carbocycles. The average molecular weight is 353 g/mol. The van der Waals surface area contributed by atoms with Crippen molar-refractivity contribution < 1.29 is 14.2 Å². The largest absolute Gasteiger partial charge is 0.496 e. The Morgan fingerprint density at radius 1 is 0.846 bits per heavy atom. The number of methoxy groups -OCH3 is 1. The van der Waals surface area contributed by atoms with Gasteiger partial charge >= 0.3 is 0 Å². The van der Waals surface area contributed by atoms with Crippen LogP contribution < -0.4 is 14.2 Å². The standard InChI is InChI=1S/C22H27NO3/c1-15(2)19-9-7-18(13-21(19)24-5)25-10-11-26-22-12-17(14-23)6-8-20(22)16(3)4/h6-9,12-13,15-16H,10-11H2,1-5H3. The molecule has 2 aromatic carbocycles. The van der Waals surface area contributed by atoms with Gasteiger partial charge in [0.15, 0.2) is 0 Å². The van der Waals surface area contributed by atoms with Crippen molar-refractivity contribution in [1.29, 1.82) is 5.26 Å². The maximum absolute atomic E-state index is 9.08. The number of benzene rings is 2. The number of rotatable bonds is 8. The van der Waals surface area contributed by atoms with Gasteiger partial charge in [0.1, 0.15) is 30.5 Å². The van der Waals surface area contributed by atoms with Crippen LogP contribution in [0.1, 0.15) is 56.2 Å². The van der Waals surface area contributed by atoms with Crippen molar-refractivity contribution in [2.24, 2.45) is 0 Å². The van der Waals surface area contributed by atoms with E-state index in [0.717, 1.165) is 28.4 Å². The third-order valence-corrected chi connectivity index (χ3v) is 4.20. The highest BCUT2D eigenvalue weighted by Crippen LogP contribution is 2.30. The van der Waals surface area contributed by atoms with Crippen LogP contribution >= 0.6 is 0 Å². The van der Waals surface area contributed by atoms with Gasteiger partial charge in [-0.2, -0.15) is 5.26 Å². The molecule has 0 saturated heterocycles. The molecule has 0 aliphatic heterocycles. The molecule has 2 rings (SSSR count). The van der Waals surface area contributed by atoms with Crippen LogP contribution in [0.3, 0.4) is 0 Å². The summed E-state index contributed by atoms with van der Waals surface area (Å²) < 4.78 is 17.1. The summed E-state index contributed by atoms with van der Waals surface area (Å²) in [4.78, 5) is 0. The summed E-state index contributed by atoms with van der Waals surface area (Å²) in [6, 6.07) is 13.6. The Morgan fingerprint density at radius 2 is 1.46 bits per heavy atom. The van der Waals surface area contributed by atoms with E-state index >= 15 is 0 Å². The van der Waals surface area contributed by atoms with E-state index in [1.165, 1.54) is 0 Å². The summed E-state index contributed by atoms with van der Waals surface area (Å²) in [5, 5.41) is 9.08. The lowest BCUT2D eigenvalue weighted by Crippen LogP contribution is -2.10. The molecule has 4 heteroatoms. The van der Waals surface area contributed by atoms with Crippen molar-refractivity contribution in [3.63, 3.8) is 0 Å². The normalized spacial score (nSPS) is 10.7. The van der Waals surface area contributed by atoms with Crippen LogP contribution in [-0.4, -0.2) is 20.3 Å². The Morgan fingerprint density at radius 3 is 2.08 bits per heavy atom. The summed E-state index contributed by atoms with van der Waals surface area (Å²) in [6.07, 6.45) is 0. The molecule has 4 nitrogen and oxygen atoms in total. The Kier molecular flexibility index (Phi) is 6.91. The van der Waals surface area contributed by atoms with E-state index < -0.39 is 0 Å². The van der Waals surface area contributed by atoms with E-state index in [9.17, 15) is 0 Å². The Bertz CT molecular complexity index is 775. The fraction of sp³-hybridized carbons (Fsp3) is 0.409. The molecule has 0 aromatic heterocycles. The lowest BCUT2D eigenvalue weighted by molar-refractivity contribution is 0.215. The highest BCUT2D eigenvalue weighted by molar-refractivity contribution is 5.44. The molecule has 0 fully saturated rings. The van der Waals surface area contributed by atoms with Gasteiger partial charge in [-0.3, -0.25) is 0 Å². The van der Waals surface area contributed by atoms with Gasteiger partial charge in [-0.1, -0.05) is 39.8 Å². The minimum Gasteiger partial charge on any atom is -0.496 e. The quantitative estimate of drug-likeness (QED) is 0.607. The smallest absolute Gasteiger partial charge is 0.126 e. The first kappa shape index (κ1) is 19.7. The van der Waals surface area contributed by atoms with Gasteiger partial charge in [-0.25, -0.2) is 0 Å². The van der Waals surface area contributed by atoms with Crippen molar-refractivity contribution in [2.45, 2.75) is 39.5 Å². The zero-order valence-corrected chi connectivity index (χ0v) is 16.2. The van der Waals surface area contributed by atoms with Gasteiger partial charge in [0, 0.05) is 6.07 Å². The Hall–Kier alpha value is -2.67.